The van der Waals surface area contributed by atoms with Crippen LogP contribution in [0.15, 0.2) is 60.7 Å². The number of rotatable bonds is 7. The first-order valence-electron chi connectivity index (χ1n) is 7.96. The monoisotopic (exact) mass is 296 g/mol. The predicted octanol–water partition coefficient (Wildman–Crippen LogP) is 4.58. The first-order chi connectivity index (χ1) is 10.6. The molecule has 2 rings (SSSR count). The van der Waals surface area contributed by atoms with Crippen LogP contribution in [0, 0.1) is 5.92 Å². The van der Waals surface area contributed by atoms with Gasteiger partial charge in [-0.25, -0.2) is 0 Å². The van der Waals surface area contributed by atoms with Crippen LogP contribution in [0.2, 0.25) is 0 Å². The highest BCUT2D eigenvalue weighted by atomic mass is 16.3. The molecule has 0 bridgehead atoms. The number of hydrogen-bond donors (Lipinski definition) is 1. The average Bonchev–Trinajstić information content (AvgIpc) is 2.60. The summed E-state index contributed by atoms with van der Waals surface area (Å²) in [6.45, 7) is 3.92. The van der Waals surface area contributed by atoms with Crippen molar-refractivity contribution in [2.75, 3.05) is 0 Å². The molecule has 0 aliphatic carbocycles. The zero-order valence-electron chi connectivity index (χ0n) is 13.3. The third kappa shape index (κ3) is 3.45. The van der Waals surface area contributed by atoms with Crippen molar-refractivity contribution >= 4 is 5.78 Å². The zero-order chi connectivity index (χ0) is 16.0. The lowest BCUT2D eigenvalue weighted by Crippen LogP contribution is -2.38. The highest BCUT2D eigenvalue weighted by molar-refractivity contribution is 5.98. The van der Waals surface area contributed by atoms with Crippen LogP contribution in [0.4, 0.5) is 0 Å². The van der Waals surface area contributed by atoms with Gasteiger partial charge in [-0.05, 0) is 12.0 Å². The SMILES string of the molecule is CCCC[C@](O)(c1ccccc1)[C@@H](C)C(=O)c1ccccc1. The molecule has 0 saturated heterocycles. The maximum atomic E-state index is 12.8. The zero-order valence-corrected chi connectivity index (χ0v) is 13.3. The molecule has 2 heteroatoms. The second-order valence-corrected chi connectivity index (χ2v) is 5.85. The average molecular weight is 296 g/mol. The van der Waals surface area contributed by atoms with Crippen molar-refractivity contribution in [2.45, 2.75) is 38.7 Å². The van der Waals surface area contributed by atoms with Gasteiger partial charge >= 0.3 is 0 Å². The van der Waals surface area contributed by atoms with Crippen LogP contribution < -0.4 is 0 Å². The molecule has 2 aromatic rings. The Hall–Kier alpha value is -1.93. The van der Waals surface area contributed by atoms with E-state index in [1.807, 2.05) is 67.6 Å². The van der Waals surface area contributed by atoms with Crippen LogP contribution in [-0.4, -0.2) is 10.9 Å². The highest BCUT2D eigenvalue weighted by Crippen LogP contribution is 2.36. The lowest BCUT2D eigenvalue weighted by Gasteiger charge is -2.34. The number of Topliss-reactive ketones (excluding diaryl/α,β-unsaturated/α-hetero) is 1. The van der Waals surface area contributed by atoms with Crippen molar-refractivity contribution in [1.82, 2.24) is 0 Å². The highest BCUT2D eigenvalue weighted by Gasteiger charge is 2.39. The van der Waals surface area contributed by atoms with E-state index in [1.54, 1.807) is 0 Å². The first-order valence-corrected chi connectivity index (χ1v) is 7.96. The Labute approximate surface area is 132 Å². The minimum absolute atomic E-state index is 0.0111. The van der Waals surface area contributed by atoms with Crippen LogP contribution in [0.1, 0.15) is 49.0 Å². The smallest absolute Gasteiger partial charge is 0.168 e. The van der Waals surface area contributed by atoms with Crippen molar-refractivity contribution < 1.29 is 9.90 Å². The van der Waals surface area contributed by atoms with Crippen molar-refractivity contribution in [1.29, 1.82) is 0 Å². The van der Waals surface area contributed by atoms with E-state index in [0.29, 0.717) is 12.0 Å². The van der Waals surface area contributed by atoms with E-state index in [4.69, 9.17) is 0 Å². The second-order valence-electron chi connectivity index (χ2n) is 5.85. The van der Waals surface area contributed by atoms with Crippen molar-refractivity contribution in [3.63, 3.8) is 0 Å². The van der Waals surface area contributed by atoms with E-state index < -0.39 is 11.5 Å². The molecule has 0 amide bonds. The number of carbonyl (C=O) groups is 1. The van der Waals surface area contributed by atoms with E-state index >= 15 is 0 Å². The molecule has 0 fully saturated rings. The molecule has 22 heavy (non-hydrogen) atoms. The molecule has 0 aromatic heterocycles. The molecular formula is C20H24O2. The minimum Gasteiger partial charge on any atom is -0.384 e. The maximum Gasteiger partial charge on any atom is 0.168 e. The summed E-state index contributed by atoms with van der Waals surface area (Å²) in [5.41, 5.74) is 0.352. The largest absolute Gasteiger partial charge is 0.384 e. The van der Waals surface area contributed by atoms with Gasteiger partial charge in [0.2, 0.25) is 0 Å². The lowest BCUT2D eigenvalue weighted by molar-refractivity contribution is -0.0183. The third-order valence-corrected chi connectivity index (χ3v) is 4.35. The van der Waals surface area contributed by atoms with Gasteiger partial charge in [-0.3, -0.25) is 4.79 Å². The van der Waals surface area contributed by atoms with Crippen LogP contribution in [-0.2, 0) is 5.60 Å². The summed E-state index contributed by atoms with van der Waals surface area (Å²) in [7, 11) is 0. The fraction of sp³-hybridized carbons (Fsp3) is 0.350. The molecule has 0 heterocycles. The number of ketones is 1. The topological polar surface area (TPSA) is 37.3 Å². The van der Waals surface area contributed by atoms with E-state index in [1.165, 1.54) is 0 Å². The standard InChI is InChI=1S/C20H24O2/c1-3-4-15-20(22,18-13-9-6-10-14-18)16(2)19(21)17-11-7-5-8-12-17/h5-14,16,22H,3-4,15H2,1-2H3/t16-,20+/m0/s1. The number of hydrogen-bond acceptors (Lipinski definition) is 2. The fourth-order valence-corrected chi connectivity index (χ4v) is 2.85. The van der Waals surface area contributed by atoms with Gasteiger partial charge in [-0.1, -0.05) is 87.4 Å². The van der Waals surface area contributed by atoms with Crippen LogP contribution in [0.25, 0.3) is 0 Å². The molecule has 0 aliphatic heterocycles. The summed E-state index contributed by atoms with van der Waals surface area (Å²) >= 11 is 0. The minimum atomic E-state index is -1.12. The fourth-order valence-electron chi connectivity index (χ4n) is 2.85. The molecular weight excluding hydrogens is 272 g/mol. The van der Waals surface area contributed by atoms with Crippen molar-refractivity contribution in [2.24, 2.45) is 5.92 Å². The summed E-state index contributed by atoms with van der Waals surface area (Å²) in [5.74, 6) is -0.494. The van der Waals surface area contributed by atoms with Crippen LogP contribution >= 0.6 is 0 Å². The normalized spacial score (nSPS) is 15.0. The van der Waals surface area contributed by atoms with E-state index in [-0.39, 0.29) is 5.78 Å². The van der Waals surface area contributed by atoms with Gasteiger partial charge in [-0.2, -0.15) is 0 Å². The Morgan fingerprint density at radius 1 is 1.05 bits per heavy atom. The Bertz CT molecular complexity index is 592. The molecule has 1 N–H and O–H groups in total. The first kappa shape index (κ1) is 16.4. The summed E-state index contributed by atoms with van der Waals surface area (Å²) in [4.78, 5) is 12.8. The summed E-state index contributed by atoms with van der Waals surface area (Å²) < 4.78 is 0. The lowest BCUT2D eigenvalue weighted by atomic mass is 9.75. The Balaban J connectivity index is 2.34. The molecule has 116 valence electrons. The van der Waals surface area contributed by atoms with Crippen LogP contribution in [0.3, 0.4) is 0 Å². The summed E-state index contributed by atoms with van der Waals surface area (Å²) in [5, 5.41) is 11.3. The van der Waals surface area contributed by atoms with Gasteiger partial charge < -0.3 is 5.11 Å². The molecule has 2 atom stereocenters. The molecule has 0 unspecified atom stereocenters. The summed E-state index contributed by atoms with van der Waals surface area (Å²) in [6, 6.07) is 18.8. The maximum absolute atomic E-state index is 12.8. The number of carbonyl (C=O) groups excluding carboxylic acids is 1. The Morgan fingerprint density at radius 2 is 1.59 bits per heavy atom. The van der Waals surface area contributed by atoms with E-state index in [0.717, 1.165) is 18.4 Å². The predicted molar refractivity (Wildman–Crippen MR) is 89.8 cm³/mol. The molecule has 0 radical (unpaired) electrons. The van der Waals surface area contributed by atoms with Gasteiger partial charge in [0, 0.05) is 5.56 Å². The van der Waals surface area contributed by atoms with Gasteiger partial charge in [0.25, 0.3) is 0 Å². The second kappa shape index (κ2) is 7.37. The van der Waals surface area contributed by atoms with E-state index in [9.17, 15) is 9.90 Å². The molecule has 0 saturated carbocycles. The van der Waals surface area contributed by atoms with Gasteiger partial charge in [-0.15, -0.1) is 0 Å². The number of unbranched alkanes of at least 4 members (excludes halogenated alkanes) is 1. The van der Waals surface area contributed by atoms with Gasteiger partial charge in [0.1, 0.15) is 0 Å². The van der Waals surface area contributed by atoms with Gasteiger partial charge in [0.05, 0.1) is 11.5 Å². The molecule has 2 aromatic carbocycles. The Kier molecular flexibility index (Phi) is 5.51. The third-order valence-electron chi connectivity index (χ3n) is 4.35. The molecule has 0 aliphatic rings. The van der Waals surface area contributed by atoms with Crippen molar-refractivity contribution in [3.05, 3.63) is 71.8 Å². The Morgan fingerprint density at radius 3 is 2.14 bits per heavy atom. The molecule has 0 spiro atoms. The number of benzene rings is 2. The summed E-state index contributed by atoms with van der Waals surface area (Å²) in [6.07, 6.45) is 2.46. The number of aliphatic hydroxyl groups is 1. The van der Waals surface area contributed by atoms with Crippen LogP contribution in [0.5, 0.6) is 0 Å². The van der Waals surface area contributed by atoms with Gasteiger partial charge in [0.15, 0.2) is 5.78 Å². The van der Waals surface area contributed by atoms with Crippen molar-refractivity contribution in [3.8, 4) is 0 Å². The van der Waals surface area contributed by atoms with E-state index in [2.05, 4.69) is 6.92 Å². The quantitative estimate of drug-likeness (QED) is 0.759. The molecule has 2 nitrogen and oxygen atoms in total.